The van der Waals surface area contributed by atoms with Crippen LogP contribution in [0.25, 0.3) is 0 Å². The Bertz CT molecular complexity index is 648. The molecule has 1 amide bonds. The number of piperidine rings is 1. The van der Waals surface area contributed by atoms with Crippen molar-refractivity contribution < 1.29 is 19.0 Å². The van der Waals surface area contributed by atoms with E-state index in [-0.39, 0.29) is 24.8 Å². The quantitative estimate of drug-likeness (QED) is 0.766. The van der Waals surface area contributed by atoms with Crippen LogP contribution in [0.5, 0.6) is 5.75 Å². The number of methoxy groups -OCH3 is 1. The molecule has 0 aromatic heterocycles. The van der Waals surface area contributed by atoms with Gasteiger partial charge in [0.15, 0.2) is 5.60 Å². The second-order valence-corrected chi connectivity index (χ2v) is 7.95. The molecule has 0 radical (unpaired) electrons. The van der Waals surface area contributed by atoms with E-state index in [9.17, 15) is 14.3 Å². The Morgan fingerprint density at radius 1 is 1.30 bits per heavy atom. The lowest BCUT2D eigenvalue weighted by atomic mass is 9.88. The highest BCUT2D eigenvalue weighted by Crippen LogP contribution is 2.27. The molecule has 2 N–H and O–H groups in total. The minimum atomic E-state index is -1.40. The highest BCUT2D eigenvalue weighted by Gasteiger charge is 2.42. The molecule has 1 aromatic rings. The van der Waals surface area contributed by atoms with Crippen molar-refractivity contribution in [1.82, 2.24) is 10.2 Å². The molecule has 5 nitrogen and oxygen atoms in total. The molecule has 1 aliphatic carbocycles. The van der Waals surface area contributed by atoms with Crippen LogP contribution in [0.3, 0.4) is 0 Å². The van der Waals surface area contributed by atoms with Crippen LogP contribution >= 0.6 is 0 Å². The molecule has 1 heterocycles. The zero-order chi connectivity index (χ0) is 19.3. The molecule has 1 saturated carbocycles. The maximum atomic E-state index is 14.1. The third-order valence-corrected chi connectivity index (χ3v) is 5.89. The Morgan fingerprint density at radius 3 is 2.81 bits per heavy atom. The molecular formula is C21H31FN2O3. The van der Waals surface area contributed by atoms with Gasteiger partial charge < -0.3 is 20.1 Å². The molecule has 150 valence electrons. The molecule has 3 rings (SSSR count). The van der Waals surface area contributed by atoms with Crippen LogP contribution < -0.4 is 10.1 Å². The van der Waals surface area contributed by atoms with Crippen LogP contribution in [0.2, 0.25) is 0 Å². The maximum absolute atomic E-state index is 14.1. The van der Waals surface area contributed by atoms with Gasteiger partial charge in [0.05, 0.1) is 7.11 Å². The number of carbonyl (C=O) groups is 1. The minimum absolute atomic E-state index is 0.146. The summed E-state index contributed by atoms with van der Waals surface area (Å²) in [6.45, 7) is 1.78. The van der Waals surface area contributed by atoms with Gasteiger partial charge in [-0.15, -0.1) is 0 Å². The van der Waals surface area contributed by atoms with E-state index >= 15 is 0 Å². The Balaban J connectivity index is 1.59. The van der Waals surface area contributed by atoms with E-state index in [0.717, 1.165) is 6.54 Å². The van der Waals surface area contributed by atoms with Gasteiger partial charge in [0.25, 0.3) is 5.91 Å². The van der Waals surface area contributed by atoms with Crippen molar-refractivity contribution in [2.75, 3.05) is 26.7 Å². The monoisotopic (exact) mass is 378 g/mol. The first-order valence-electron chi connectivity index (χ1n) is 10.1. The van der Waals surface area contributed by atoms with E-state index in [1.165, 1.54) is 45.3 Å². The van der Waals surface area contributed by atoms with Crippen molar-refractivity contribution in [3.05, 3.63) is 29.6 Å². The number of nitrogens with one attached hydrogen (secondary N) is 1. The maximum Gasteiger partial charge on any atom is 0.256 e. The molecule has 1 atom stereocenters. The Hall–Kier alpha value is -1.66. The summed E-state index contributed by atoms with van der Waals surface area (Å²) >= 11 is 0. The zero-order valence-electron chi connectivity index (χ0n) is 16.2. The van der Waals surface area contributed by atoms with Gasteiger partial charge in [-0.3, -0.25) is 4.79 Å². The van der Waals surface area contributed by atoms with E-state index in [2.05, 4.69) is 5.32 Å². The molecule has 2 aliphatic rings. The summed E-state index contributed by atoms with van der Waals surface area (Å²) in [4.78, 5) is 14.4. The number of amides is 1. The fraction of sp³-hybridized carbons (Fsp3) is 0.667. The zero-order valence-corrected chi connectivity index (χ0v) is 16.2. The van der Waals surface area contributed by atoms with E-state index < -0.39 is 5.60 Å². The van der Waals surface area contributed by atoms with Gasteiger partial charge in [-0.05, 0) is 56.3 Å². The summed E-state index contributed by atoms with van der Waals surface area (Å²) in [5.41, 5.74) is -0.996. The number of carbonyl (C=O) groups excluding carboxylic acids is 1. The summed E-state index contributed by atoms with van der Waals surface area (Å²) in [6, 6.07) is 4.51. The Morgan fingerprint density at radius 2 is 2.07 bits per heavy atom. The number of hydrogen-bond donors (Lipinski definition) is 2. The standard InChI is InChI=1S/C21H31FN2O3/c1-27-18-8-9-19(22)17(12-18)14-24-11-5-10-21(26,20(24)25)15-23-13-16-6-3-2-4-7-16/h8-9,12,16,23,26H,2-7,10-11,13-15H2,1H3. The molecule has 1 aliphatic heterocycles. The van der Waals surface area contributed by atoms with Crippen molar-refractivity contribution in [2.24, 2.45) is 5.92 Å². The lowest BCUT2D eigenvalue weighted by Gasteiger charge is -2.38. The molecule has 0 spiro atoms. The van der Waals surface area contributed by atoms with Crippen LogP contribution in [0, 0.1) is 11.7 Å². The van der Waals surface area contributed by atoms with E-state index in [4.69, 9.17) is 4.74 Å². The van der Waals surface area contributed by atoms with Gasteiger partial charge in [-0.1, -0.05) is 19.3 Å². The minimum Gasteiger partial charge on any atom is -0.497 e. The third-order valence-electron chi connectivity index (χ3n) is 5.89. The molecule has 1 unspecified atom stereocenters. The average Bonchev–Trinajstić information content (AvgIpc) is 2.68. The highest BCUT2D eigenvalue weighted by atomic mass is 19.1. The summed E-state index contributed by atoms with van der Waals surface area (Å²) in [7, 11) is 1.53. The predicted molar refractivity (Wildman–Crippen MR) is 102 cm³/mol. The molecule has 27 heavy (non-hydrogen) atoms. The van der Waals surface area contributed by atoms with Crippen LogP contribution in [0.15, 0.2) is 18.2 Å². The summed E-state index contributed by atoms with van der Waals surface area (Å²) < 4.78 is 19.3. The van der Waals surface area contributed by atoms with Crippen molar-refractivity contribution in [3.8, 4) is 5.75 Å². The molecule has 2 fully saturated rings. The number of hydrogen-bond acceptors (Lipinski definition) is 4. The van der Waals surface area contributed by atoms with Gasteiger partial charge in [-0.25, -0.2) is 4.39 Å². The fourth-order valence-corrected chi connectivity index (χ4v) is 4.26. The topological polar surface area (TPSA) is 61.8 Å². The number of aliphatic hydroxyl groups is 1. The number of halogens is 1. The summed E-state index contributed by atoms with van der Waals surface area (Å²) in [6.07, 6.45) is 7.46. The highest BCUT2D eigenvalue weighted by molar-refractivity contribution is 5.86. The van der Waals surface area contributed by atoms with Crippen LogP contribution in [0.1, 0.15) is 50.5 Å². The molecule has 1 aromatic carbocycles. The summed E-state index contributed by atoms with van der Waals surface area (Å²) in [5.74, 6) is 0.517. The Kier molecular flexibility index (Phi) is 6.71. The first kappa shape index (κ1) is 20.1. The van der Waals surface area contributed by atoms with Gasteiger partial charge in [0, 0.05) is 25.2 Å². The SMILES string of the molecule is COc1ccc(F)c(CN2CCCC(O)(CNCC3CCCCC3)C2=O)c1. The number of benzene rings is 1. The summed E-state index contributed by atoms with van der Waals surface area (Å²) in [5, 5.41) is 14.2. The van der Waals surface area contributed by atoms with E-state index in [1.54, 1.807) is 17.0 Å². The largest absolute Gasteiger partial charge is 0.497 e. The second-order valence-electron chi connectivity index (χ2n) is 7.95. The van der Waals surface area contributed by atoms with Gasteiger partial charge in [0.2, 0.25) is 0 Å². The van der Waals surface area contributed by atoms with Crippen LogP contribution in [-0.2, 0) is 11.3 Å². The fourth-order valence-electron chi connectivity index (χ4n) is 4.26. The van der Waals surface area contributed by atoms with Crippen molar-refractivity contribution >= 4 is 5.91 Å². The smallest absolute Gasteiger partial charge is 0.256 e. The first-order valence-corrected chi connectivity index (χ1v) is 10.1. The third kappa shape index (κ3) is 4.99. The molecule has 6 heteroatoms. The number of ether oxygens (including phenoxy) is 1. The second kappa shape index (κ2) is 9.02. The average molecular weight is 378 g/mol. The molecule has 1 saturated heterocycles. The lowest BCUT2D eigenvalue weighted by molar-refractivity contribution is -0.157. The van der Waals surface area contributed by atoms with Gasteiger partial charge in [0.1, 0.15) is 11.6 Å². The van der Waals surface area contributed by atoms with Crippen LogP contribution in [-0.4, -0.2) is 48.3 Å². The molecule has 0 bridgehead atoms. The molecular weight excluding hydrogens is 347 g/mol. The number of likely N-dealkylation sites (tertiary alicyclic amines) is 1. The number of rotatable bonds is 7. The van der Waals surface area contributed by atoms with Crippen molar-refractivity contribution in [3.63, 3.8) is 0 Å². The normalized spacial score (nSPS) is 24.3. The van der Waals surface area contributed by atoms with E-state index in [1.807, 2.05) is 0 Å². The first-order chi connectivity index (χ1) is 13.0. The van der Waals surface area contributed by atoms with Crippen molar-refractivity contribution in [2.45, 2.75) is 57.1 Å². The number of nitrogens with zero attached hydrogens (tertiary/aromatic N) is 1. The van der Waals surface area contributed by atoms with Crippen LogP contribution in [0.4, 0.5) is 4.39 Å². The Labute approximate surface area is 160 Å². The predicted octanol–water partition coefficient (Wildman–Crippen LogP) is 2.86. The lowest BCUT2D eigenvalue weighted by Crippen LogP contribution is -2.58. The van der Waals surface area contributed by atoms with E-state index in [0.29, 0.717) is 36.6 Å². The van der Waals surface area contributed by atoms with Gasteiger partial charge in [-0.2, -0.15) is 0 Å². The van der Waals surface area contributed by atoms with Crippen molar-refractivity contribution in [1.29, 1.82) is 0 Å². The van der Waals surface area contributed by atoms with Gasteiger partial charge >= 0.3 is 0 Å².